The van der Waals surface area contributed by atoms with Crippen molar-refractivity contribution in [1.29, 1.82) is 0 Å². The second-order valence-corrected chi connectivity index (χ2v) is 3.88. The van der Waals surface area contributed by atoms with Gasteiger partial charge in [-0.15, -0.1) is 0 Å². The van der Waals surface area contributed by atoms with Crippen molar-refractivity contribution >= 4 is 11.5 Å². The van der Waals surface area contributed by atoms with Gasteiger partial charge in [0.25, 0.3) is 5.69 Å². The van der Waals surface area contributed by atoms with Crippen LogP contribution in [0.3, 0.4) is 0 Å². The highest BCUT2D eigenvalue weighted by atomic mass is 19.1. The van der Waals surface area contributed by atoms with Gasteiger partial charge in [-0.05, 0) is 23.8 Å². The number of pyridine rings is 1. The Morgan fingerprint density at radius 1 is 1.37 bits per heavy atom. The Morgan fingerprint density at radius 2 is 2.16 bits per heavy atom. The lowest BCUT2D eigenvalue weighted by molar-refractivity contribution is -0.385. The van der Waals surface area contributed by atoms with E-state index in [2.05, 4.69) is 4.98 Å². The third-order valence-electron chi connectivity index (χ3n) is 2.54. The van der Waals surface area contributed by atoms with E-state index in [0.29, 0.717) is 5.56 Å². The van der Waals surface area contributed by atoms with Gasteiger partial charge in [-0.3, -0.25) is 19.9 Å². The van der Waals surface area contributed by atoms with Crippen LogP contribution in [0.2, 0.25) is 0 Å². The number of hydrogen-bond acceptors (Lipinski definition) is 4. The first-order valence-electron chi connectivity index (χ1n) is 5.44. The number of ketones is 1. The van der Waals surface area contributed by atoms with E-state index in [4.69, 9.17) is 0 Å². The van der Waals surface area contributed by atoms with Crippen molar-refractivity contribution in [2.24, 2.45) is 0 Å². The van der Waals surface area contributed by atoms with Crippen molar-refractivity contribution in [2.45, 2.75) is 6.42 Å². The summed E-state index contributed by atoms with van der Waals surface area (Å²) in [6, 6.07) is 6.27. The molecule has 0 aliphatic rings. The Bertz CT molecular complexity index is 629. The zero-order valence-corrected chi connectivity index (χ0v) is 9.75. The summed E-state index contributed by atoms with van der Waals surface area (Å²) in [4.78, 5) is 25.9. The van der Waals surface area contributed by atoms with Crippen LogP contribution in [0.1, 0.15) is 15.9 Å². The van der Waals surface area contributed by atoms with Crippen LogP contribution in [-0.4, -0.2) is 15.7 Å². The number of nitrogens with zero attached hydrogens (tertiary/aromatic N) is 2. The molecule has 0 aliphatic carbocycles. The average molecular weight is 260 g/mol. The maximum Gasteiger partial charge on any atom is 0.283 e. The highest BCUT2D eigenvalue weighted by Crippen LogP contribution is 2.21. The van der Waals surface area contributed by atoms with Crippen LogP contribution >= 0.6 is 0 Å². The second kappa shape index (κ2) is 5.34. The standard InChI is InChI=1S/C13H9FN2O3/c14-10-3-4-11(12(7-10)16(18)19)13(17)6-9-2-1-5-15-8-9/h1-5,7-8H,6H2. The summed E-state index contributed by atoms with van der Waals surface area (Å²) in [6.45, 7) is 0. The van der Waals surface area contributed by atoms with Gasteiger partial charge in [0.05, 0.1) is 16.6 Å². The van der Waals surface area contributed by atoms with Gasteiger partial charge in [0.2, 0.25) is 0 Å². The predicted molar refractivity (Wildman–Crippen MR) is 65.3 cm³/mol. The number of aromatic nitrogens is 1. The van der Waals surface area contributed by atoms with Gasteiger partial charge in [-0.2, -0.15) is 0 Å². The summed E-state index contributed by atoms with van der Waals surface area (Å²) in [5, 5.41) is 10.8. The molecule has 0 aliphatic heterocycles. The Balaban J connectivity index is 2.31. The molecule has 0 bridgehead atoms. The first-order chi connectivity index (χ1) is 9.08. The van der Waals surface area contributed by atoms with E-state index in [1.54, 1.807) is 18.3 Å². The highest BCUT2D eigenvalue weighted by Gasteiger charge is 2.20. The van der Waals surface area contributed by atoms with E-state index < -0.39 is 22.2 Å². The third-order valence-corrected chi connectivity index (χ3v) is 2.54. The molecule has 0 N–H and O–H groups in total. The number of carbonyl (C=O) groups excluding carboxylic acids is 1. The zero-order chi connectivity index (χ0) is 13.8. The van der Waals surface area contributed by atoms with E-state index in [0.717, 1.165) is 18.2 Å². The molecule has 19 heavy (non-hydrogen) atoms. The van der Waals surface area contributed by atoms with Gasteiger partial charge >= 0.3 is 0 Å². The fourth-order valence-corrected chi connectivity index (χ4v) is 1.67. The highest BCUT2D eigenvalue weighted by molar-refractivity contribution is 6.01. The summed E-state index contributed by atoms with van der Waals surface area (Å²) in [7, 11) is 0. The average Bonchev–Trinajstić information content (AvgIpc) is 2.39. The smallest absolute Gasteiger partial charge is 0.283 e. The minimum atomic E-state index is -0.764. The summed E-state index contributed by atoms with van der Waals surface area (Å²) in [5.41, 5.74) is 0.0234. The molecule has 0 spiro atoms. The summed E-state index contributed by atoms with van der Waals surface area (Å²) >= 11 is 0. The lowest BCUT2D eigenvalue weighted by atomic mass is 10.0. The molecule has 0 saturated carbocycles. The quantitative estimate of drug-likeness (QED) is 0.481. The first kappa shape index (κ1) is 12.8. The summed E-state index contributed by atoms with van der Waals surface area (Å²) < 4.78 is 13.0. The van der Waals surface area contributed by atoms with E-state index in [1.165, 1.54) is 6.20 Å². The van der Waals surface area contributed by atoms with Crippen molar-refractivity contribution in [1.82, 2.24) is 4.98 Å². The molecular weight excluding hydrogens is 251 g/mol. The number of carbonyl (C=O) groups is 1. The molecule has 0 saturated heterocycles. The van der Waals surface area contributed by atoms with Gasteiger partial charge in [0.15, 0.2) is 5.78 Å². The van der Waals surface area contributed by atoms with Gasteiger partial charge in [0.1, 0.15) is 5.82 Å². The number of nitro benzene ring substituents is 1. The number of rotatable bonds is 4. The molecule has 6 heteroatoms. The summed E-state index contributed by atoms with van der Waals surface area (Å²) in [5.74, 6) is -1.19. The topological polar surface area (TPSA) is 73.1 Å². The lowest BCUT2D eigenvalue weighted by Crippen LogP contribution is -2.07. The van der Waals surface area contributed by atoms with Gasteiger partial charge in [-0.25, -0.2) is 4.39 Å². The molecule has 1 aromatic carbocycles. The SMILES string of the molecule is O=C(Cc1cccnc1)c1ccc(F)cc1[N+](=O)[O-]. The van der Waals surface area contributed by atoms with Crippen LogP contribution in [0, 0.1) is 15.9 Å². The molecule has 2 aromatic rings. The Labute approximate surface area is 107 Å². The fraction of sp³-hybridized carbons (Fsp3) is 0.0769. The van der Waals surface area contributed by atoms with Crippen molar-refractivity contribution in [3.05, 3.63) is 69.8 Å². The monoisotopic (exact) mass is 260 g/mol. The molecular formula is C13H9FN2O3. The molecule has 0 amide bonds. The molecule has 2 rings (SSSR count). The molecule has 5 nitrogen and oxygen atoms in total. The first-order valence-corrected chi connectivity index (χ1v) is 5.44. The second-order valence-electron chi connectivity index (χ2n) is 3.88. The normalized spacial score (nSPS) is 10.2. The maximum atomic E-state index is 13.0. The maximum absolute atomic E-state index is 13.0. The Morgan fingerprint density at radius 3 is 2.79 bits per heavy atom. The van der Waals surface area contributed by atoms with Crippen LogP contribution < -0.4 is 0 Å². The van der Waals surface area contributed by atoms with Crippen molar-refractivity contribution in [2.75, 3.05) is 0 Å². The van der Waals surface area contributed by atoms with E-state index in [-0.39, 0.29) is 12.0 Å². The molecule has 0 radical (unpaired) electrons. The van der Waals surface area contributed by atoms with Crippen molar-refractivity contribution in [3.8, 4) is 0 Å². The summed E-state index contributed by atoms with van der Waals surface area (Å²) in [6.07, 6.45) is 3.06. The number of hydrogen-bond donors (Lipinski definition) is 0. The third kappa shape index (κ3) is 2.98. The molecule has 0 unspecified atom stereocenters. The van der Waals surface area contributed by atoms with Gasteiger partial charge in [-0.1, -0.05) is 6.07 Å². The van der Waals surface area contributed by atoms with Gasteiger partial charge < -0.3 is 0 Å². The Kier molecular flexibility index (Phi) is 3.61. The number of Topliss-reactive ketones (excluding diaryl/α,β-unsaturated/α-hetero) is 1. The van der Waals surface area contributed by atoms with Crippen LogP contribution in [0.5, 0.6) is 0 Å². The predicted octanol–water partition coefficient (Wildman–Crippen LogP) is 2.55. The number of halogens is 1. The van der Waals surface area contributed by atoms with Crippen LogP contribution in [0.25, 0.3) is 0 Å². The Hall–Kier alpha value is -2.63. The van der Waals surface area contributed by atoms with Crippen LogP contribution in [0.4, 0.5) is 10.1 Å². The molecule has 1 aromatic heterocycles. The lowest BCUT2D eigenvalue weighted by Gasteiger charge is -2.02. The molecule has 1 heterocycles. The minimum absolute atomic E-state index is 0.0136. The van der Waals surface area contributed by atoms with E-state index in [1.807, 2.05) is 0 Å². The van der Waals surface area contributed by atoms with Crippen molar-refractivity contribution < 1.29 is 14.1 Å². The molecule has 0 atom stereocenters. The van der Waals surface area contributed by atoms with Gasteiger partial charge in [0, 0.05) is 18.8 Å². The number of nitro groups is 1. The van der Waals surface area contributed by atoms with E-state index >= 15 is 0 Å². The van der Waals surface area contributed by atoms with Crippen molar-refractivity contribution in [3.63, 3.8) is 0 Å². The molecule has 96 valence electrons. The van der Waals surface area contributed by atoms with E-state index in [9.17, 15) is 19.3 Å². The zero-order valence-electron chi connectivity index (χ0n) is 9.75. The largest absolute Gasteiger partial charge is 0.294 e. The minimum Gasteiger partial charge on any atom is -0.294 e. The van der Waals surface area contributed by atoms with Crippen LogP contribution in [0.15, 0.2) is 42.7 Å². The fourth-order valence-electron chi connectivity index (χ4n) is 1.67. The molecule has 0 fully saturated rings. The number of benzene rings is 1. The van der Waals surface area contributed by atoms with Crippen LogP contribution in [-0.2, 0) is 6.42 Å².